The van der Waals surface area contributed by atoms with Crippen LogP contribution in [-0.2, 0) is 9.57 Å². The van der Waals surface area contributed by atoms with Crippen LogP contribution in [0.25, 0.3) is 0 Å². The highest BCUT2D eigenvalue weighted by molar-refractivity contribution is 6.23. The number of nitrogens with zero attached hydrogens (tertiary/aromatic N) is 5. The average molecular weight is 383 g/mol. The summed E-state index contributed by atoms with van der Waals surface area (Å²) in [5, 5.41) is 20.6. The summed E-state index contributed by atoms with van der Waals surface area (Å²) in [5.41, 5.74) is 5.25. The zero-order valence-corrected chi connectivity index (χ0v) is 15.9. The Morgan fingerprint density at radius 3 is 2.70 bits per heavy atom. The van der Waals surface area contributed by atoms with Crippen molar-refractivity contribution in [2.45, 2.75) is 56.9 Å². The van der Waals surface area contributed by atoms with Gasteiger partial charge in [-0.25, -0.2) is 20.9 Å². The van der Waals surface area contributed by atoms with Crippen LogP contribution in [-0.4, -0.2) is 94.6 Å². The summed E-state index contributed by atoms with van der Waals surface area (Å²) in [6.45, 7) is 4.83. The summed E-state index contributed by atoms with van der Waals surface area (Å²) < 4.78 is 5.80. The van der Waals surface area contributed by atoms with Gasteiger partial charge in [0.2, 0.25) is 5.66 Å². The van der Waals surface area contributed by atoms with Crippen molar-refractivity contribution in [2.24, 2.45) is 26.6 Å². The minimum atomic E-state index is -1.09. The number of aliphatic hydroxyl groups excluding tert-OH is 2. The molecule has 5 atom stereocenters. The topological polar surface area (TPSA) is 155 Å². The van der Waals surface area contributed by atoms with Crippen molar-refractivity contribution < 1.29 is 19.8 Å². The maximum Gasteiger partial charge on any atom is 0.230 e. The fourth-order valence-corrected chi connectivity index (χ4v) is 3.80. The van der Waals surface area contributed by atoms with E-state index in [0.717, 1.165) is 12.8 Å². The molecule has 3 heterocycles. The fraction of sp³-hybridized carbons (Fsp3) is 0.812. The van der Waals surface area contributed by atoms with Crippen molar-refractivity contribution in [2.75, 3.05) is 26.9 Å². The minimum absolute atomic E-state index is 0.179. The molecule has 27 heavy (non-hydrogen) atoms. The van der Waals surface area contributed by atoms with Gasteiger partial charge < -0.3 is 25.5 Å². The van der Waals surface area contributed by atoms with E-state index in [9.17, 15) is 10.2 Å². The number of hydrogen-bond donors (Lipinski definition) is 4. The molecule has 0 aromatic carbocycles. The Morgan fingerprint density at radius 1 is 1.33 bits per heavy atom. The van der Waals surface area contributed by atoms with Crippen LogP contribution in [0.4, 0.5) is 0 Å². The molecule has 1 saturated heterocycles. The third-order valence-electron chi connectivity index (χ3n) is 5.32. The quantitative estimate of drug-likeness (QED) is 0.297. The molecule has 1 unspecified atom stereocenters. The van der Waals surface area contributed by atoms with Crippen LogP contribution >= 0.6 is 0 Å². The summed E-state index contributed by atoms with van der Waals surface area (Å²) in [6.07, 6.45) is -1.75. The summed E-state index contributed by atoms with van der Waals surface area (Å²) in [5.74, 6) is 6.56. The second-order valence-electron chi connectivity index (χ2n) is 7.08. The molecule has 0 bridgehead atoms. The van der Waals surface area contributed by atoms with Gasteiger partial charge in [-0.15, -0.1) is 0 Å². The number of amidine groups is 3. The van der Waals surface area contributed by atoms with Gasteiger partial charge in [0, 0.05) is 6.54 Å². The molecule has 3 rings (SSSR count). The van der Waals surface area contributed by atoms with Gasteiger partial charge in [0.05, 0.1) is 12.7 Å². The standard InChI is InChI=1S/C16H29N7O4/c1-9-11(24)12(25)13(27-9)23-10(2)21-16(14(17)19-8-20-15(16)23)22(3)6-4-5-7-26-18/h9,11-13,24-25H,4-8,18H2,1-3H3,(H2,17,19)/t9-,11-,12-,13-,16?/m1/s1. The van der Waals surface area contributed by atoms with Crippen molar-refractivity contribution in [1.29, 1.82) is 0 Å². The molecule has 152 valence electrons. The largest absolute Gasteiger partial charge is 0.388 e. The summed E-state index contributed by atoms with van der Waals surface area (Å²) in [4.78, 5) is 21.9. The lowest BCUT2D eigenvalue weighted by Crippen LogP contribution is -2.64. The Kier molecular flexibility index (Phi) is 5.79. The van der Waals surface area contributed by atoms with E-state index in [2.05, 4.69) is 14.8 Å². The van der Waals surface area contributed by atoms with E-state index in [-0.39, 0.29) is 6.67 Å². The van der Waals surface area contributed by atoms with E-state index in [0.29, 0.717) is 30.7 Å². The molecule has 0 amide bonds. The molecule has 0 aromatic rings. The molecule has 6 N–H and O–H groups in total. The first kappa shape index (κ1) is 20.1. The Morgan fingerprint density at radius 2 is 2.07 bits per heavy atom. The van der Waals surface area contributed by atoms with Gasteiger partial charge in [-0.05, 0) is 33.7 Å². The van der Waals surface area contributed by atoms with Gasteiger partial charge in [0.25, 0.3) is 0 Å². The normalized spacial score (nSPS) is 36.0. The number of fused-ring (bicyclic) bond motifs is 1. The molecule has 3 aliphatic heterocycles. The first-order valence-electron chi connectivity index (χ1n) is 9.10. The molecule has 0 saturated carbocycles. The highest BCUT2D eigenvalue weighted by Crippen LogP contribution is 2.35. The van der Waals surface area contributed by atoms with Crippen molar-refractivity contribution in [3.05, 3.63) is 0 Å². The number of unbranched alkanes of at least 4 members (excludes halogenated alkanes) is 1. The van der Waals surface area contributed by atoms with Crippen LogP contribution in [0.3, 0.4) is 0 Å². The van der Waals surface area contributed by atoms with Crippen LogP contribution in [0, 0.1) is 0 Å². The second-order valence-corrected chi connectivity index (χ2v) is 7.08. The summed E-state index contributed by atoms with van der Waals surface area (Å²) in [6, 6.07) is 0. The maximum absolute atomic E-state index is 10.5. The Bertz CT molecular complexity index is 655. The average Bonchev–Trinajstić information content (AvgIpc) is 3.08. The monoisotopic (exact) mass is 383 g/mol. The van der Waals surface area contributed by atoms with Crippen molar-refractivity contribution >= 4 is 17.5 Å². The fourth-order valence-electron chi connectivity index (χ4n) is 3.80. The number of aliphatic imine (C=N–C) groups is 3. The van der Waals surface area contributed by atoms with Crippen LogP contribution in [0.15, 0.2) is 15.0 Å². The van der Waals surface area contributed by atoms with E-state index >= 15 is 0 Å². The third kappa shape index (κ3) is 3.24. The SMILES string of the molecule is CC1=NC2(N(C)CCCCON)C(N)=NCN=C2N1[C@@H]1O[C@H](C)[C@@H](O)[C@H]1O. The molecular weight excluding hydrogens is 354 g/mol. The lowest BCUT2D eigenvalue weighted by Gasteiger charge is -2.40. The minimum Gasteiger partial charge on any atom is -0.388 e. The predicted molar refractivity (Wildman–Crippen MR) is 100.0 cm³/mol. The molecule has 3 aliphatic rings. The molecule has 0 aliphatic carbocycles. The first-order chi connectivity index (χ1) is 12.8. The molecule has 0 spiro atoms. The smallest absolute Gasteiger partial charge is 0.230 e. The van der Waals surface area contributed by atoms with Crippen LogP contribution in [0.1, 0.15) is 26.7 Å². The zero-order valence-electron chi connectivity index (χ0n) is 15.9. The molecule has 0 radical (unpaired) electrons. The predicted octanol–water partition coefficient (Wildman–Crippen LogP) is -1.79. The third-order valence-corrected chi connectivity index (χ3v) is 5.32. The number of ether oxygens (including phenoxy) is 1. The van der Waals surface area contributed by atoms with Gasteiger partial charge in [-0.2, -0.15) is 0 Å². The van der Waals surface area contributed by atoms with E-state index in [1.54, 1.807) is 18.7 Å². The first-order valence-corrected chi connectivity index (χ1v) is 9.10. The molecule has 11 heteroatoms. The van der Waals surface area contributed by atoms with Crippen molar-refractivity contribution in [3.8, 4) is 0 Å². The number of rotatable bonds is 7. The van der Waals surface area contributed by atoms with E-state index in [4.69, 9.17) is 21.4 Å². The number of nitrogens with two attached hydrogens (primary N) is 2. The highest BCUT2D eigenvalue weighted by atomic mass is 16.6. The van der Waals surface area contributed by atoms with E-state index < -0.39 is 30.2 Å². The van der Waals surface area contributed by atoms with Gasteiger partial charge in [-0.1, -0.05) is 0 Å². The molecule has 0 aromatic heterocycles. The lowest BCUT2D eigenvalue weighted by atomic mass is 10.0. The van der Waals surface area contributed by atoms with Gasteiger partial charge in [0.1, 0.15) is 30.5 Å². The highest BCUT2D eigenvalue weighted by Gasteiger charge is 2.57. The lowest BCUT2D eigenvalue weighted by molar-refractivity contribution is -0.0334. The van der Waals surface area contributed by atoms with Crippen LogP contribution < -0.4 is 11.6 Å². The zero-order chi connectivity index (χ0) is 19.8. The van der Waals surface area contributed by atoms with Crippen molar-refractivity contribution in [1.82, 2.24) is 9.80 Å². The van der Waals surface area contributed by atoms with Gasteiger partial charge in [0.15, 0.2) is 12.1 Å². The Labute approximate surface area is 158 Å². The molecule has 11 nitrogen and oxygen atoms in total. The van der Waals surface area contributed by atoms with Gasteiger partial charge in [-0.3, -0.25) is 9.80 Å². The maximum atomic E-state index is 10.5. The van der Waals surface area contributed by atoms with Crippen LogP contribution in [0.5, 0.6) is 0 Å². The second kappa shape index (κ2) is 7.78. The molecule has 1 fully saturated rings. The van der Waals surface area contributed by atoms with Crippen molar-refractivity contribution in [3.63, 3.8) is 0 Å². The van der Waals surface area contributed by atoms with Gasteiger partial charge >= 0.3 is 0 Å². The Hall–Kier alpha value is -1.63. The number of aliphatic hydroxyl groups is 2. The Balaban J connectivity index is 1.88. The number of likely N-dealkylation sites (N-methyl/N-ethyl adjacent to an activating group) is 1. The van der Waals surface area contributed by atoms with E-state index in [1.165, 1.54) is 0 Å². The number of hydrogen-bond acceptors (Lipinski definition) is 11. The summed E-state index contributed by atoms with van der Waals surface area (Å²) in [7, 11) is 1.90. The summed E-state index contributed by atoms with van der Waals surface area (Å²) >= 11 is 0. The molecular formula is C16H29N7O4. The van der Waals surface area contributed by atoms with E-state index in [1.807, 2.05) is 11.9 Å². The van der Waals surface area contributed by atoms with Crippen LogP contribution in [0.2, 0.25) is 0 Å².